The number of carbonyl (C=O) groups is 3. The van der Waals surface area contributed by atoms with Crippen LogP contribution in [-0.4, -0.2) is 64.3 Å². The van der Waals surface area contributed by atoms with Crippen LogP contribution in [0, 0.1) is 11.8 Å². The molecular weight excluding hydrogens is 526 g/mol. The van der Waals surface area contributed by atoms with Crippen molar-refractivity contribution in [3.05, 3.63) is 35.9 Å². The number of hydrogen-bond donors (Lipinski definition) is 2. The summed E-state index contributed by atoms with van der Waals surface area (Å²) in [4.78, 5) is 43.0. The van der Waals surface area contributed by atoms with Crippen LogP contribution in [-0.2, 0) is 9.59 Å². The van der Waals surface area contributed by atoms with Gasteiger partial charge in [0, 0.05) is 43.9 Å². The molecule has 4 fully saturated rings. The summed E-state index contributed by atoms with van der Waals surface area (Å²) in [5.74, 6) is -3.07. The monoisotopic (exact) mass is 566 g/mol. The van der Waals surface area contributed by atoms with Gasteiger partial charge in [-0.3, -0.25) is 19.8 Å². The number of piperidine rings is 1. The number of hydrogen-bond acceptors (Lipinski definition) is 4. The molecule has 0 radical (unpaired) electrons. The summed E-state index contributed by atoms with van der Waals surface area (Å²) in [6, 6.07) is 9.74. The van der Waals surface area contributed by atoms with Crippen LogP contribution >= 0.6 is 12.4 Å². The molecule has 1 aromatic rings. The fourth-order valence-corrected chi connectivity index (χ4v) is 7.19. The van der Waals surface area contributed by atoms with Crippen LogP contribution in [0.3, 0.4) is 0 Å². The number of benzene rings is 1. The molecule has 3 heterocycles. The van der Waals surface area contributed by atoms with Gasteiger partial charge in [0.05, 0.1) is 6.04 Å². The lowest BCUT2D eigenvalue weighted by Crippen LogP contribution is -2.61. The zero-order chi connectivity index (χ0) is 27.1. The first kappa shape index (κ1) is 29.7. The molecule has 1 aliphatic carbocycles. The highest BCUT2D eigenvalue weighted by Gasteiger charge is 2.59. The molecule has 0 aromatic heterocycles. The van der Waals surface area contributed by atoms with Crippen molar-refractivity contribution in [3.8, 4) is 0 Å². The summed E-state index contributed by atoms with van der Waals surface area (Å²) in [6.45, 7) is 5.44. The first-order valence-electron chi connectivity index (χ1n) is 14.2. The Morgan fingerprint density at radius 3 is 2.26 bits per heavy atom. The van der Waals surface area contributed by atoms with E-state index in [2.05, 4.69) is 29.4 Å². The molecule has 1 saturated carbocycles. The molecule has 7 nitrogen and oxygen atoms in total. The highest BCUT2D eigenvalue weighted by molar-refractivity contribution is 6.07. The van der Waals surface area contributed by atoms with Gasteiger partial charge in [-0.1, -0.05) is 44.2 Å². The van der Waals surface area contributed by atoms with Gasteiger partial charge in [0.25, 0.3) is 5.91 Å². The minimum atomic E-state index is -2.66. The third-order valence-electron chi connectivity index (χ3n) is 9.15. The van der Waals surface area contributed by atoms with Crippen LogP contribution in [0.25, 0.3) is 0 Å². The van der Waals surface area contributed by atoms with E-state index in [9.17, 15) is 23.2 Å². The molecule has 2 unspecified atom stereocenters. The number of halogens is 3. The third kappa shape index (κ3) is 6.09. The lowest BCUT2D eigenvalue weighted by Gasteiger charge is -2.47. The second kappa shape index (κ2) is 11.7. The van der Waals surface area contributed by atoms with E-state index in [1.54, 1.807) is 4.90 Å². The lowest BCUT2D eigenvalue weighted by atomic mass is 9.81. The SMILES string of the molecule is CC(C)CN1C(=O)NC(=O)C12CC1CCC(C2)N1CC[C@H](NC(=O)C1CCC(F)(F)CC1)c1ccccc1.Cl. The zero-order valence-corrected chi connectivity index (χ0v) is 23.7. The van der Waals surface area contributed by atoms with Crippen LogP contribution in [0.1, 0.15) is 83.2 Å². The van der Waals surface area contributed by atoms with E-state index >= 15 is 0 Å². The van der Waals surface area contributed by atoms with E-state index in [-0.39, 0.29) is 85.9 Å². The van der Waals surface area contributed by atoms with Crippen molar-refractivity contribution in [3.63, 3.8) is 0 Å². The van der Waals surface area contributed by atoms with E-state index in [1.807, 2.05) is 30.3 Å². The van der Waals surface area contributed by atoms with Crippen LogP contribution < -0.4 is 10.6 Å². The molecule has 4 aliphatic rings. The molecule has 4 amide bonds. The number of fused-ring (bicyclic) bond motifs is 2. The molecule has 2 bridgehead atoms. The van der Waals surface area contributed by atoms with Crippen molar-refractivity contribution in [2.75, 3.05) is 13.1 Å². The number of nitrogens with zero attached hydrogens (tertiary/aromatic N) is 2. The maximum atomic E-state index is 13.6. The van der Waals surface area contributed by atoms with Crippen LogP contribution in [0.4, 0.5) is 13.6 Å². The number of amides is 4. The number of urea groups is 1. The predicted octanol–water partition coefficient (Wildman–Crippen LogP) is 5.05. The van der Waals surface area contributed by atoms with E-state index < -0.39 is 11.5 Å². The van der Waals surface area contributed by atoms with Crippen LogP contribution in [0.2, 0.25) is 0 Å². The Labute approximate surface area is 235 Å². The largest absolute Gasteiger partial charge is 0.349 e. The standard InChI is InChI=1S/C29H40F2N4O3.ClH/c1-19(2)18-35-27(38)33-26(37)28(35)16-22-8-9-23(17-28)34(22)15-12-24(20-6-4-3-5-7-20)32-25(36)21-10-13-29(30,31)14-11-21;/h3-7,19,21-24H,8-18H2,1-2H3,(H,32,36)(H,33,37,38);1H/t22?,23?,24-,28?;/m0./s1. The van der Waals surface area contributed by atoms with Crippen molar-refractivity contribution >= 4 is 30.3 Å². The summed E-state index contributed by atoms with van der Waals surface area (Å²) in [6.07, 6.45) is 3.90. The molecule has 216 valence electrons. The Morgan fingerprint density at radius 1 is 1.05 bits per heavy atom. The first-order valence-corrected chi connectivity index (χ1v) is 14.2. The topological polar surface area (TPSA) is 81.8 Å². The minimum absolute atomic E-state index is 0. The average Bonchev–Trinajstić information content (AvgIpc) is 3.24. The van der Waals surface area contributed by atoms with Gasteiger partial charge in [-0.25, -0.2) is 13.6 Å². The highest BCUT2D eigenvalue weighted by Crippen LogP contribution is 2.46. The molecule has 1 aromatic carbocycles. The van der Waals surface area contributed by atoms with Crippen LogP contribution in [0.15, 0.2) is 30.3 Å². The van der Waals surface area contributed by atoms with Crippen molar-refractivity contribution in [1.82, 2.24) is 20.4 Å². The Morgan fingerprint density at radius 2 is 1.67 bits per heavy atom. The Bertz CT molecular complexity index is 1030. The van der Waals surface area contributed by atoms with E-state index in [0.29, 0.717) is 25.8 Å². The molecular formula is C29H41ClF2N4O3. The molecule has 3 atom stereocenters. The van der Waals surface area contributed by atoms with E-state index in [0.717, 1.165) is 24.9 Å². The summed E-state index contributed by atoms with van der Waals surface area (Å²) < 4.78 is 27.3. The number of alkyl halides is 2. The van der Waals surface area contributed by atoms with Gasteiger partial charge in [0.2, 0.25) is 11.8 Å². The number of nitrogens with one attached hydrogen (secondary N) is 2. The zero-order valence-electron chi connectivity index (χ0n) is 22.8. The number of imide groups is 1. The van der Waals surface area contributed by atoms with Gasteiger partial charge in [0.15, 0.2) is 0 Å². The second-order valence-corrected chi connectivity index (χ2v) is 12.2. The molecule has 5 rings (SSSR count). The first-order chi connectivity index (χ1) is 18.1. The maximum Gasteiger partial charge on any atom is 0.325 e. The van der Waals surface area contributed by atoms with Crippen LogP contribution in [0.5, 0.6) is 0 Å². The van der Waals surface area contributed by atoms with E-state index in [1.165, 1.54) is 0 Å². The van der Waals surface area contributed by atoms with Crippen molar-refractivity contribution in [2.45, 2.75) is 101 Å². The van der Waals surface area contributed by atoms with Gasteiger partial charge < -0.3 is 10.2 Å². The molecule has 1 spiro atoms. The fraction of sp³-hybridized carbons (Fsp3) is 0.690. The number of rotatable bonds is 8. The fourth-order valence-electron chi connectivity index (χ4n) is 7.19. The van der Waals surface area contributed by atoms with Gasteiger partial charge in [0.1, 0.15) is 5.54 Å². The normalized spacial score (nSPS) is 29.4. The Hall–Kier alpha value is -2.26. The van der Waals surface area contributed by atoms with Crippen molar-refractivity contribution in [2.24, 2.45) is 11.8 Å². The third-order valence-corrected chi connectivity index (χ3v) is 9.15. The van der Waals surface area contributed by atoms with E-state index in [4.69, 9.17) is 0 Å². The summed E-state index contributed by atoms with van der Waals surface area (Å²) in [5, 5.41) is 5.76. The summed E-state index contributed by atoms with van der Waals surface area (Å²) >= 11 is 0. The lowest BCUT2D eigenvalue weighted by molar-refractivity contribution is -0.132. The second-order valence-electron chi connectivity index (χ2n) is 12.2. The summed E-state index contributed by atoms with van der Waals surface area (Å²) in [5.41, 5.74) is 0.242. The molecule has 10 heteroatoms. The molecule has 2 N–H and O–H groups in total. The summed E-state index contributed by atoms with van der Waals surface area (Å²) in [7, 11) is 0. The predicted molar refractivity (Wildman–Crippen MR) is 147 cm³/mol. The van der Waals surface area contributed by atoms with Gasteiger partial charge in [-0.2, -0.15) is 0 Å². The number of carbonyl (C=O) groups excluding carboxylic acids is 3. The maximum absolute atomic E-state index is 13.6. The van der Waals surface area contributed by atoms with Gasteiger partial charge in [-0.15, -0.1) is 12.4 Å². The molecule has 3 saturated heterocycles. The van der Waals surface area contributed by atoms with Gasteiger partial charge in [-0.05, 0) is 56.4 Å². The Balaban J connectivity index is 0.00000353. The molecule has 39 heavy (non-hydrogen) atoms. The average molecular weight is 567 g/mol. The molecule has 3 aliphatic heterocycles. The smallest absolute Gasteiger partial charge is 0.325 e. The highest BCUT2D eigenvalue weighted by atomic mass is 35.5. The Kier molecular flexibility index (Phi) is 8.91. The van der Waals surface area contributed by atoms with Crippen molar-refractivity contribution < 1.29 is 23.2 Å². The van der Waals surface area contributed by atoms with Crippen molar-refractivity contribution in [1.29, 1.82) is 0 Å². The quantitative estimate of drug-likeness (QED) is 0.431. The van der Waals surface area contributed by atoms with Gasteiger partial charge >= 0.3 is 6.03 Å². The minimum Gasteiger partial charge on any atom is -0.349 e.